The molecular formula is C14H18N2. The number of nitrogens with zero attached hydrogens (tertiary/aromatic N) is 1. The quantitative estimate of drug-likeness (QED) is 0.850. The van der Waals surface area contributed by atoms with Crippen LogP contribution in [0.15, 0.2) is 42.5 Å². The van der Waals surface area contributed by atoms with Crippen LogP contribution in [0.2, 0.25) is 0 Å². The summed E-state index contributed by atoms with van der Waals surface area (Å²) in [6, 6.07) is 15.1. The number of hydrogen-bond donors (Lipinski definition) is 1. The van der Waals surface area contributed by atoms with Crippen molar-refractivity contribution in [2.45, 2.75) is 6.04 Å². The van der Waals surface area contributed by atoms with Crippen molar-refractivity contribution in [3.05, 3.63) is 48.0 Å². The van der Waals surface area contributed by atoms with E-state index in [1.807, 2.05) is 0 Å². The van der Waals surface area contributed by atoms with E-state index in [1.54, 1.807) is 0 Å². The number of hydrogen-bond acceptors (Lipinski definition) is 2. The first-order valence-corrected chi connectivity index (χ1v) is 5.58. The Morgan fingerprint density at radius 2 is 1.75 bits per heavy atom. The van der Waals surface area contributed by atoms with Crippen LogP contribution in [0, 0.1) is 0 Å². The van der Waals surface area contributed by atoms with Crippen LogP contribution in [-0.4, -0.2) is 25.5 Å². The summed E-state index contributed by atoms with van der Waals surface area (Å²) in [5, 5.41) is 2.58. The van der Waals surface area contributed by atoms with Gasteiger partial charge in [-0.2, -0.15) is 0 Å². The molecule has 0 amide bonds. The highest BCUT2D eigenvalue weighted by molar-refractivity contribution is 5.86. The molecule has 16 heavy (non-hydrogen) atoms. The van der Waals surface area contributed by atoms with Gasteiger partial charge in [0.25, 0.3) is 0 Å². The van der Waals surface area contributed by atoms with Gasteiger partial charge in [-0.05, 0) is 30.4 Å². The minimum absolute atomic E-state index is 0.283. The van der Waals surface area contributed by atoms with Gasteiger partial charge in [-0.15, -0.1) is 0 Å². The van der Waals surface area contributed by atoms with Gasteiger partial charge in [0.05, 0.1) is 0 Å². The smallest absolute Gasteiger partial charge is 0.0470 e. The van der Waals surface area contributed by atoms with Crippen molar-refractivity contribution in [3.8, 4) is 0 Å². The van der Waals surface area contributed by atoms with E-state index in [2.05, 4.69) is 61.5 Å². The zero-order chi connectivity index (χ0) is 11.5. The lowest BCUT2D eigenvalue weighted by molar-refractivity contribution is 0.308. The van der Waals surface area contributed by atoms with Crippen molar-refractivity contribution in [2.75, 3.05) is 20.6 Å². The third-order valence-corrected chi connectivity index (χ3v) is 3.03. The van der Waals surface area contributed by atoms with Gasteiger partial charge in [0, 0.05) is 12.6 Å². The van der Waals surface area contributed by atoms with Gasteiger partial charge in [0.1, 0.15) is 0 Å². The average molecular weight is 214 g/mol. The summed E-state index contributed by atoms with van der Waals surface area (Å²) in [6.07, 6.45) is 0. The summed E-state index contributed by atoms with van der Waals surface area (Å²) in [7, 11) is 4.14. The Morgan fingerprint density at radius 1 is 1.06 bits per heavy atom. The SMILES string of the molecule is CN(C)[C@@H](CN)c1cccc2ccccc12. The van der Waals surface area contributed by atoms with Crippen LogP contribution >= 0.6 is 0 Å². The summed E-state index contributed by atoms with van der Waals surface area (Å²) in [5.41, 5.74) is 7.17. The molecule has 2 nitrogen and oxygen atoms in total. The third-order valence-electron chi connectivity index (χ3n) is 3.03. The highest BCUT2D eigenvalue weighted by atomic mass is 15.1. The fourth-order valence-electron chi connectivity index (χ4n) is 2.16. The maximum absolute atomic E-state index is 5.86. The lowest BCUT2D eigenvalue weighted by Crippen LogP contribution is -2.27. The van der Waals surface area contributed by atoms with Gasteiger partial charge in [-0.1, -0.05) is 42.5 Å². The molecule has 2 heteroatoms. The Morgan fingerprint density at radius 3 is 2.44 bits per heavy atom. The molecule has 0 bridgehead atoms. The van der Waals surface area contributed by atoms with Gasteiger partial charge in [0.2, 0.25) is 0 Å². The van der Waals surface area contributed by atoms with E-state index in [4.69, 9.17) is 5.73 Å². The van der Waals surface area contributed by atoms with Crippen molar-refractivity contribution in [1.82, 2.24) is 4.90 Å². The van der Waals surface area contributed by atoms with Crippen molar-refractivity contribution in [2.24, 2.45) is 5.73 Å². The van der Waals surface area contributed by atoms with Crippen LogP contribution in [-0.2, 0) is 0 Å². The second kappa shape index (κ2) is 4.64. The van der Waals surface area contributed by atoms with Crippen LogP contribution in [0.25, 0.3) is 10.8 Å². The highest BCUT2D eigenvalue weighted by Crippen LogP contribution is 2.26. The molecule has 0 heterocycles. The second-order valence-electron chi connectivity index (χ2n) is 4.28. The van der Waals surface area contributed by atoms with E-state index in [-0.39, 0.29) is 6.04 Å². The van der Waals surface area contributed by atoms with Crippen molar-refractivity contribution < 1.29 is 0 Å². The molecule has 1 atom stereocenters. The van der Waals surface area contributed by atoms with Crippen LogP contribution in [0.3, 0.4) is 0 Å². The predicted octanol–water partition coefficient (Wildman–Crippen LogP) is 2.40. The zero-order valence-electron chi connectivity index (χ0n) is 9.85. The normalized spacial score (nSPS) is 13.2. The molecule has 0 aliphatic heterocycles. The number of likely N-dealkylation sites (N-methyl/N-ethyl adjacent to an activating group) is 1. The minimum atomic E-state index is 0.283. The van der Waals surface area contributed by atoms with Gasteiger partial charge in [-0.3, -0.25) is 0 Å². The molecule has 0 aliphatic carbocycles. The van der Waals surface area contributed by atoms with Crippen molar-refractivity contribution in [3.63, 3.8) is 0 Å². The lowest BCUT2D eigenvalue weighted by Gasteiger charge is -2.24. The van der Waals surface area contributed by atoms with Crippen molar-refractivity contribution >= 4 is 10.8 Å². The standard InChI is InChI=1S/C14H18N2/c1-16(2)14(10-15)13-9-5-7-11-6-3-4-8-12(11)13/h3-9,14H,10,15H2,1-2H3/t14-/m0/s1. The molecule has 84 valence electrons. The van der Waals surface area contributed by atoms with Gasteiger partial charge >= 0.3 is 0 Å². The number of rotatable bonds is 3. The maximum Gasteiger partial charge on any atom is 0.0470 e. The Kier molecular flexibility index (Phi) is 3.22. The first-order valence-electron chi connectivity index (χ1n) is 5.58. The molecule has 2 aromatic rings. The molecule has 0 spiro atoms. The summed E-state index contributed by atoms with van der Waals surface area (Å²) < 4.78 is 0. The van der Waals surface area contributed by atoms with E-state index in [0.717, 1.165) is 0 Å². The number of benzene rings is 2. The largest absolute Gasteiger partial charge is 0.329 e. The molecule has 0 saturated carbocycles. The molecule has 0 aromatic heterocycles. The van der Waals surface area contributed by atoms with Crippen molar-refractivity contribution in [1.29, 1.82) is 0 Å². The molecule has 0 unspecified atom stereocenters. The second-order valence-corrected chi connectivity index (χ2v) is 4.28. The Balaban J connectivity index is 2.59. The lowest BCUT2D eigenvalue weighted by atomic mass is 9.98. The monoisotopic (exact) mass is 214 g/mol. The highest BCUT2D eigenvalue weighted by Gasteiger charge is 2.14. The summed E-state index contributed by atoms with van der Waals surface area (Å²) in [4.78, 5) is 2.17. The van der Waals surface area contributed by atoms with E-state index in [1.165, 1.54) is 16.3 Å². The third kappa shape index (κ3) is 1.94. The Hall–Kier alpha value is -1.38. The zero-order valence-corrected chi connectivity index (χ0v) is 9.85. The van der Waals surface area contributed by atoms with E-state index in [9.17, 15) is 0 Å². The fourth-order valence-corrected chi connectivity index (χ4v) is 2.16. The van der Waals surface area contributed by atoms with Crippen LogP contribution in [0.4, 0.5) is 0 Å². The van der Waals surface area contributed by atoms with Crippen LogP contribution < -0.4 is 5.73 Å². The summed E-state index contributed by atoms with van der Waals surface area (Å²) in [5.74, 6) is 0. The fraction of sp³-hybridized carbons (Fsp3) is 0.286. The topological polar surface area (TPSA) is 29.3 Å². The Bertz CT molecular complexity index is 472. The molecule has 0 saturated heterocycles. The molecular weight excluding hydrogens is 196 g/mol. The molecule has 2 N–H and O–H groups in total. The number of nitrogens with two attached hydrogens (primary N) is 1. The first kappa shape index (κ1) is 11.1. The number of fused-ring (bicyclic) bond motifs is 1. The average Bonchev–Trinajstić information content (AvgIpc) is 2.30. The molecule has 2 rings (SSSR count). The Labute approximate surface area is 96.7 Å². The van der Waals surface area contributed by atoms with Gasteiger partial charge < -0.3 is 10.6 Å². The van der Waals surface area contributed by atoms with Gasteiger partial charge in [-0.25, -0.2) is 0 Å². The maximum atomic E-state index is 5.86. The summed E-state index contributed by atoms with van der Waals surface area (Å²) in [6.45, 7) is 0.640. The molecule has 0 fully saturated rings. The predicted molar refractivity (Wildman–Crippen MR) is 69.4 cm³/mol. The molecule has 0 aliphatic rings. The summed E-state index contributed by atoms with van der Waals surface area (Å²) >= 11 is 0. The van der Waals surface area contributed by atoms with E-state index < -0.39 is 0 Å². The van der Waals surface area contributed by atoms with E-state index >= 15 is 0 Å². The van der Waals surface area contributed by atoms with E-state index in [0.29, 0.717) is 6.54 Å². The molecule has 2 aromatic carbocycles. The van der Waals surface area contributed by atoms with Gasteiger partial charge in [0.15, 0.2) is 0 Å². The van der Waals surface area contributed by atoms with Crippen LogP contribution in [0.5, 0.6) is 0 Å². The van der Waals surface area contributed by atoms with Crippen LogP contribution in [0.1, 0.15) is 11.6 Å². The minimum Gasteiger partial charge on any atom is -0.329 e. The first-order chi connectivity index (χ1) is 7.74. The molecule has 0 radical (unpaired) electrons.